The van der Waals surface area contributed by atoms with E-state index in [0.717, 1.165) is 0 Å². The molecule has 0 aliphatic heterocycles. The summed E-state index contributed by atoms with van der Waals surface area (Å²) >= 11 is 6.04. The number of nitrogens with zero attached hydrogens (tertiary/aromatic N) is 2. The van der Waals surface area contributed by atoms with E-state index in [9.17, 15) is 9.18 Å². The van der Waals surface area contributed by atoms with Gasteiger partial charge in [-0.1, -0.05) is 23.7 Å². The summed E-state index contributed by atoms with van der Waals surface area (Å²) in [6.07, 6.45) is 3.05. The Hall–Kier alpha value is -3.06. The molecule has 0 unspecified atom stereocenters. The fourth-order valence-corrected chi connectivity index (χ4v) is 2.85. The Morgan fingerprint density at radius 3 is 2.48 bits per heavy atom. The highest BCUT2D eigenvalue weighted by Gasteiger charge is 2.19. The predicted molar refractivity (Wildman–Crippen MR) is 100 cm³/mol. The Morgan fingerprint density at radius 1 is 1.19 bits per heavy atom. The van der Waals surface area contributed by atoms with Crippen LogP contribution in [0.3, 0.4) is 0 Å². The van der Waals surface area contributed by atoms with Crippen molar-refractivity contribution >= 4 is 23.2 Å². The summed E-state index contributed by atoms with van der Waals surface area (Å²) in [7, 11) is 2.95. The number of carbonyl (C=O) groups excluding carboxylic acids is 1. The van der Waals surface area contributed by atoms with Gasteiger partial charge in [0, 0.05) is 16.8 Å². The van der Waals surface area contributed by atoms with Crippen LogP contribution in [0.25, 0.3) is 0 Å². The number of ether oxygens (including phenoxy) is 2. The first kappa shape index (κ1) is 18.7. The molecule has 1 N–H and O–H groups in total. The summed E-state index contributed by atoms with van der Waals surface area (Å²) in [5, 5.41) is 7.19. The summed E-state index contributed by atoms with van der Waals surface area (Å²) in [5.74, 6) is -0.0510. The van der Waals surface area contributed by atoms with Crippen molar-refractivity contribution in [2.24, 2.45) is 0 Å². The summed E-state index contributed by atoms with van der Waals surface area (Å²) < 4.78 is 25.9. The van der Waals surface area contributed by atoms with E-state index in [1.807, 2.05) is 0 Å². The maximum absolute atomic E-state index is 13.9. The molecule has 1 aromatic heterocycles. The molecule has 1 heterocycles. The summed E-state index contributed by atoms with van der Waals surface area (Å²) in [6.45, 7) is 0.138. The summed E-state index contributed by atoms with van der Waals surface area (Å²) in [5.41, 5.74) is 1.04. The number of aromatic nitrogens is 2. The molecule has 0 aliphatic carbocycles. The Morgan fingerprint density at radius 2 is 1.85 bits per heavy atom. The Balaban J connectivity index is 1.80. The van der Waals surface area contributed by atoms with Crippen LogP contribution in [0.2, 0.25) is 5.02 Å². The maximum Gasteiger partial charge on any atom is 0.263 e. The second-order valence-electron chi connectivity index (χ2n) is 5.62. The third-order valence-electron chi connectivity index (χ3n) is 3.93. The van der Waals surface area contributed by atoms with E-state index in [4.69, 9.17) is 21.1 Å². The van der Waals surface area contributed by atoms with Crippen LogP contribution in [0.15, 0.2) is 48.8 Å². The van der Waals surface area contributed by atoms with Gasteiger partial charge in [0.2, 0.25) is 0 Å². The predicted octanol–water partition coefficient (Wildman–Crippen LogP) is 3.99. The quantitative estimate of drug-likeness (QED) is 0.692. The average Bonchev–Trinajstić information content (AvgIpc) is 3.11. The van der Waals surface area contributed by atoms with Crippen molar-refractivity contribution in [2.45, 2.75) is 6.54 Å². The first-order valence-electron chi connectivity index (χ1n) is 8.01. The number of hydrogen-bond donors (Lipinski definition) is 1. The number of benzene rings is 2. The molecule has 0 bridgehead atoms. The fraction of sp³-hybridized carbons (Fsp3) is 0.158. The molecule has 3 aromatic rings. The molecule has 0 fully saturated rings. The average molecular weight is 390 g/mol. The molecule has 27 heavy (non-hydrogen) atoms. The van der Waals surface area contributed by atoms with Crippen LogP contribution in [0.4, 0.5) is 10.1 Å². The molecule has 3 rings (SSSR count). The van der Waals surface area contributed by atoms with Crippen molar-refractivity contribution < 1.29 is 18.7 Å². The minimum atomic E-state index is -0.414. The third kappa shape index (κ3) is 4.03. The van der Waals surface area contributed by atoms with Gasteiger partial charge >= 0.3 is 0 Å². The zero-order valence-electron chi connectivity index (χ0n) is 14.7. The first-order chi connectivity index (χ1) is 13.0. The van der Waals surface area contributed by atoms with E-state index in [1.54, 1.807) is 30.5 Å². The Kier molecular flexibility index (Phi) is 5.61. The third-order valence-corrected chi connectivity index (χ3v) is 4.28. The molecule has 0 radical (unpaired) electrons. The monoisotopic (exact) mass is 389 g/mol. The van der Waals surface area contributed by atoms with Crippen molar-refractivity contribution in [3.8, 4) is 11.5 Å². The molecule has 0 saturated carbocycles. The number of carbonyl (C=O) groups is 1. The molecule has 8 heteroatoms. The topological polar surface area (TPSA) is 65.4 Å². The molecule has 0 aliphatic rings. The molecule has 0 saturated heterocycles. The smallest absolute Gasteiger partial charge is 0.263 e. The lowest BCUT2D eigenvalue weighted by molar-refractivity contribution is 0.102. The molecule has 140 valence electrons. The molecule has 0 spiro atoms. The Labute approximate surface area is 160 Å². The van der Waals surface area contributed by atoms with Crippen LogP contribution in [-0.4, -0.2) is 29.9 Å². The molecular formula is C19H17ClFN3O3. The molecular weight excluding hydrogens is 373 g/mol. The van der Waals surface area contributed by atoms with Gasteiger partial charge in [0.25, 0.3) is 5.91 Å². The van der Waals surface area contributed by atoms with Crippen LogP contribution in [0, 0.1) is 5.82 Å². The first-order valence-corrected chi connectivity index (χ1v) is 8.39. The summed E-state index contributed by atoms with van der Waals surface area (Å²) in [6, 6.07) is 9.55. The van der Waals surface area contributed by atoms with E-state index in [-0.39, 0.29) is 12.1 Å². The second-order valence-corrected chi connectivity index (χ2v) is 6.03. The number of methoxy groups -OCH3 is 2. The highest BCUT2D eigenvalue weighted by atomic mass is 35.5. The van der Waals surface area contributed by atoms with Crippen molar-refractivity contribution in [3.05, 3.63) is 70.8 Å². The van der Waals surface area contributed by atoms with E-state index in [0.29, 0.717) is 27.8 Å². The number of hydrogen-bond acceptors (Lipinski definition) is 4. The van der Waals surface area contributed by atoms with Gasteiger partial charge in [0.1, 0.15) is 22.9 Å². The second kappa shape index (κ2) is 8.09. The minimum absolute atomic E-state index is 0.138. The highest BCUT2D eigenvalue weighted by molar-refractivity contribution is 6.31. The van der Waals surface area contributed by atoms with Gasteiger partial charge in [-0.3, -0.25) is 9.48 Å². The molecule has 0 atom stereocenters. The summed E-state index contributed by atoms with van der Waals surface area (Å²) in [4.78, 5) is 12.7. The van der Waals surface area contributed by atoms with Gasteiger partial charge in [-0.05, 0) is 24.3 Å². The SMILES string of the molecule is COc1cccc(OC)c1C(=O)Nc1cnn(Cc2c(F)cccc2Cl)c1. The zero-order valence-corrected chi connectivity index (χ0v) is 15.5. The number of halogens is 2. The van der Waals surface area contributed by atoms with Gasteiger partial charge in [-0.25, -0.2) is 4.39 Å². The van der Waals surface area contributed by atoms with Crippen molar-refractivity contribution in [3.63, 3.8) is 0 Å². The largest absolute Gasteiger partial charge is 0.496 e. The zero-order chi connectivity index (χ0) is 19.4. The van der Waals surface area contributed by atoms with Crippen LogP contribution < -0.4 is 14.8 Å². The van der Waals surface area contributed by atoms with Gasteiger partial charge in [-0.15, -0.1) is 0 Å². The van der Waals surface area contributed by atoms with E-state index in [1.165, 1.54) is 37.2 Å². The molecule has 2 aromatic carbocycles. The maximum atomic E-state index is 13.9. The van der Waals surface area contributed by atoms with E-state index < -0.39 is 11.7 Å². The Bertz CT molecular complexity index is 932. The van der Waals surface area contributed by atoms with Gasteiger partial charge in [0.05, 0.1) is 32.6 Å². The van der Waals surface area contributed by atoms with Gasteiger partial charge < -0.3 is 14.8 Å². The number of rotatable bonds is 6. The normalized spacial score (nSPS) is 10.5. The lowest BCUT2D eigenvalue weighted by atomic mass is 10.1. The lowest BCUT2D eigenvalue weighted by Gasteiger charge is -2.12. The van der Waals surface area contributed by atoms with E-state index >= 15 is 0 Å². The standard InChI is InChI=1S/C19H17ClFN3O3/c1-26-16-7-4-8-17(27-2)18(16)19(25)23-12-9-22-24(10-12)11-13-14(20)5-3-6-15(13)21/h3-10H,11H2,1-2H3,(H,23,25). The van der Waals surface area contributed by atoms with Crippen LogP contribution in [0.5, 0.6) is 11.5 Å². The van der Waals surface area contributed by atoms with Crippen molar-refractivity contribution in [1.82, 2.24) is 9.78 Å². The molecule has 1 amide bonds. The number of amides is 1. The van der Waals surface area contributed by atoms with E-state index in [2.05, 4.69) is 10.4 Å². The van der Waals surface area contributed by atoms with Crippen LogP contribution in [-0.2, 0) is 6.54 Å². The number of anilines is 1. The van der Waals surface area contributed by atoms with Crippen LogP contribution >= 0.6 is 11.6 Å². The van der Waals surface area contributed by atoms with Gasteiger partial charge in [-0.2, -0.15) is 5.10 Å². The van der Waals surface area contributed by atoms with Crippen LogP contribution in [0.1, 0.15) is 15.9 Å². The fourth-order valence-electron chi connectivity index (χ4n) is 2.63. The minimum Gasteiger partial charge on any atom is -0.496 e. The highest BCUT2D eigenvalue weighted by Crippen LogP contribution is 2.29. The van der Waals surface area contributed by atoms with Crippen molar-refractivity contribution in [1.29, 1.82) is 0 Å². The number of nitrogens with one attached hydrogen (secondary N) is 1. The molecule has 6 nitrogen and oxygen atoms in total. The van der Waals surface area contributed by atoms with Gasteiger partial charge in [0.15, 0.2) is 0 Å². The van der Waals surface area contributed by atoms with Crippen molar-refractivity contribution in [2.75, 3.05) is 19.5 Å². The lowest BCUT2D eigenvalue weighted by Crippen LogP contribution is -2.14.